The fourth-order valence-corrected chi connectivity index (χ4v) is 5.19. The highest BCUT2D eigenvalue weighted by molar-refractivity contribution is 8.15. The van der Waals surface area contributed by atoms with Crippen LogP contribution in [0, 0.1) is 5.82 Å². The summed E-state index contributed by atoms with van der Waals surface area (Å²) in [7, 11) is 0. The highest BCUT2D eigenvalue weighted by atomic mass is 32.2. The molecule has 3 aromatic rings. The zero-order valence-electron chi connectivity index (χ0n) is 19.0. The zero-order valence-corrected chi connectivity index (χ0v) is 19.8. The highest BCUT2D eigenvalue weighted by Crippen LogP contribution is 2.36. The van der Waals surface area contributed by atoms with Gasteiger partial charge in [-0.3, -0.25) is 14.5 Å². The van der Waals surface area contributed by atoms with Gasteiger partial charge >= 0.3 is 0 Å². The van der Waals surface area contributed by atoms with Gasteiger partial charge in [0.05, 0.1) is 10.9 Å². The Morgan fingerprint density at radius 3 is 2.49 bits per heavy atom. The molecule has 6 nitrogen and oxygen atoms in total. The van der Waals surface area contributed by atoms with Gasteiger partial charge in [0.1, 0.15) is 17.7 Å². The highest BCUT2D eigenvalue weighted by Gasteiger charge is 2.42. The Hall–Kier alpha value is -3.78. The van der Waals surface area contributed by atoms with Crippen LogP contribution < -0.4 is 5.32 Å². The molecule has 35 heavy (non-hydrogen) atoms. The number of amides is 2. The van der Waals surface area contributed by atoms with E-state index in [4.69, 9.17) is 4.99 Å². The number of amidine groups is 2. The molecule has 3 aromatic carbocycles. The topological polar surface area (TPSA) is 74.1 Å². The number of carbonyl (C=O) groups excluding carboxylic acids is 2. The van der Waals surface area contributed by atoms with Crippen molar-refractivity contribution in [3.8, 4) is 0 Å². The molecule has 0 aliphatic carbocycles. The molecule has 2 heterocycles. The molecule has 0 bridgehead atoms. The van der Waals surface area contributed by atoms with Crippen LogP contribution in [0.2, 0.25) is 0 Å². The maximum atomic E-state index is 13.3. The maximum Gasteiger partial charge on any atom is 0.271 e. The molecule has 0 saturated heterocycles. The third-order valence-electron chi connectivity index (χ3n) is 5.90. The van der Waals surface area contributed by atoms with Crippen molar-refractivity contribution in [1.29, 1.82) is 0 Å². The minimum absolute atomic E-state index is 0.214. The van der Waals surface area contributed by atoms with Crippen LogP contribution in [0.3, 0.4) is 0 Å². The van der Waals surface area contributed by atoms with Crippen LogP contribution >= 0.6 is 11.8 Å². The number of nitrogens with one attached hydrogen (secondary N) is 1. The van der Waals surface area contributed by atoms with E-state index in [2.05, 4.69) is 10.3 Å². The number of benzene rings is 3. The van der Waals surface area contributed by atoms with Gasteiger partial charge in [0.2, 0.25) is 5.91 Å². The summed E-state index contributed by atoms with van der Waals surface area (Å²) in [6.07, 6.45) is 1.02. The molecule has 0 spiro atoms. The summed E-state index contributed by atoms with van der Waals surface area (Å²) in [4.78, 5) is 37.3. The first-order valence-corrected chi connectivity index (χ1v) is 12.3. The number of thioether (sulfide) groups is 1. The summed E-state index contributed by atoms with van der Waals surface area (Å²) in [5.41, 5.74) is 3.05. The number of rotatable bonds is 6. The molecule has 2 aliphatic heterocycles. The van der Waals surface area contributed by atoms with E-state index < -0.39 is 11.3 Å². The van der Waals surface area contributed by atoms with E-state index in [1.165, 1.54) is 36.0 Å². The Morgan fingerprint density at radius 1 is 1.03 bits per heavy atom. The van der Waals surface area contributed by atoms with Gasteiger partial charge in [0.15, 0.2) is 5.17 Å². The maximum absolute atomic E-state index is 13.3. The van der Waals surface area contributed by atoms with E-state index in [1.54, 1.807) is 0 Å². The van der Waals surface area contributed by atoms with Crippen molar-refractivity contribution in [3.63, 3.8) is 0 Å². The number of para-hydroxylation sites is 1. The number of carbonyl (C=O) groups is 2. The first kappa shape index (κ1) is 23.0. The van der Waals surface area contributed by atoms with Crippen molar-refractivity contribution in [3.05, 3.63) is 95.8 Å². The van der Waals surface area contributed by atoms with Gasteiger partial charge in [-0.15, -0.1) is 0 Å². The lowest BCUT2D eigenvalue weighted by molar-refractivity contribution is -0.119. The van der Waals surface area contributed by atoms with Crippen LogP contribution in [0.5, 0.6) is 0 Å². The van der Waals surface area contributed by atoms with E-state index in [0.717, 1.165) is 11.1 Å². The van der Waals surface area contributed by atoms with Crippen molar-refractivity contribution < 1.29 is 14.0 Å². The molecule has 0 fully saturated rings. The number of nitrogens with zero attached hydrogens (tertiary/aromatic N) is 3. The molecule has 0 aromatic heterocycles. The van der Waals surface area contributed by atoms with Gasteiger partial charge in [-0.05, 0) is 48.4 Å². The lowest BCUT2D eigenvalue weighted by atomic mass is 10.0. The second-order valence-corrected chi connectivity index (χ2v) is 9.44. The second kappa shape index (κ2) is 9.84. The quantitative estimate of drug-likeness (QED) is 0.521. The summed E-state index contributed by atoms with van der Waals surface area (Å²) in [6, 6.07) is 22.5. The minimum atomic E-state index is -0.537. The van der Waals surface area contributed by atoms with E-state index in [9.17, 15) is 14.0 Å². The van der Waals surface area contributed by atoms with E-state index in [-0.39, 0.29) is 17.6 Å². The zero-order chi connectivity index (χ0) is 24.4. The number of hydrogen-bond donors (Lipinski definition) is 1. The van der Waals surface area contributed by atoms with Crippen LogP contribution in [0.15, 0.2) is 88.8 Å². The van der Waals surface area contributed by atoms with Gasteiger partial charge in [0.25, 0.3) is 5.91 Å². The predicted molar refractivity (Wildman–Crippen MR) is 138 cm³/mol. The Balaban J connectivity index is 1.45. The Kier molecular flexibility index (Phi) is 6.46. The lowest BCUT2D eigenvalue weighted by Gasteiger charge is -2.32. The number of hydrogen-bond acceptors (Lipinski definition) is 5. The van der Waals surface area contributed by atoms with Crippen LogP contribution in [0.25, 0.3) is 0 Å². The smallest absolute Gasteiger partial charge is 0.271 e. The predicted octanol–water partition coefficient (Wildman–Crippen LogP) is 5.18. The first-order valence-electron chi connectivity index (χ1n) is 11.4. The van der Waals surface area contributed by atoms with Crippen molar-refractivity contribution in [1.82, 2.24) is 4.90 Å². The fraction of sp³-hybridized carbons (Fsp3) is 0.185. The van der Waals surface area contributed by atoms with Gasteiger partial charge < -0.3 is 5.32 Å². The standard InChI is InChI=1S/C27H23FN4O2S/c1-2-23(26(34)29-19-14-12-18(28)13-15-19)35-27-30-21-11-7-6-10-20(21)24-31-25(33)22(32(24)27)16-17-8-4-3-5-9-17/h3-15,22-23H,2,16H2,1H3,(H,29,34). The number of aliphatic imine (C=N–C) groups is 2. The first-order chi connectivity index (χ1) is 17.0. The average Bonchev–Trinajstić information content (AvgIpc) is 3.20. The van der Waals surface area contributed by atoms with Crippen LogP contribution in [0.4, 0.5) is 15.8 Å². The molecule has 2 unspecified atom stereocenters. The number of fused-ring (bicyclic) bond motifs is 3. The molecular formula is C27H23FN4O2S. The molecule has 2 aliphatic rings. The van der Waals surface area contributed by atoms with Crippen LogP contribution in [-0.2, 0) is 16.0 Å². The van der Waals surface area contributed by atoms with Gasteiger partial charge in [0, 0.05) is 17.7 Å². The van der Waals surface area contributed by atoms with Crippen molar-refractivity contribution in [2.24, 2.45) is 9.98 Å². The van der Waals surface area contributed by atoms with E-state index in [1.807, 2.05) is 66.4 Å². The van der Waals surface area contributed by atoms with Crippen molar-refractivity contribution in [2.75, 3.05) is 5.32 Å². The summed E-state index contributed by atoms with van der Waals surface area (Å²) in [6.45, 7) is 1.92. The largest absolute Gasteiger partial charge is 0.325 e. The molecule has 0 radical (unpaired) electrons. The fourth-order valence-electron chi connectivity index (χ4n) is 4.13. The molecule has 5 rings (SSSR count). The third kappa shape index (κ3) is 4.74. The van der Waals surface area contributed by atoms with Gasteiger partial charge in [-0.25, -0.2) is 9.38 Å². The molecule has 0 saturated carbocycles. The van der Waals surface area contributed by atoms with E-state index in [0.29, 0.717) is 35.2 Å². The third-order valence-corrected chi connectivity index (χ3v) is 7.23. The monoisotopic (exact) mass is 486 g/mol. The summed E-state index contributed by atoms with van der Waals surface area (Å²) in [5.74, 6) is -0.237. The van der Waals surface area contributed by atoms with Crippen molar-refractivity contribution >= 4 is 46.0 Å². The Bertz CT molecular complexity index is 1320. The van der Waals surface area contributed by atoms with Gasteiger partial charge in [-0.2, -0.15) is 4.99 Å². The summed E-state index contributed by atoms with van der Waals surface area (Å²) in [5, 5.41) is 2.94. The molecular weight excluding hydrogens is 463 g/mol. The molecule has 8 heteroatoms. The Labute approximate surface area is 207 Å². The normalized spacial score (nSPS) is 17.3. The summed E-state index contributed by atoms with van der Waals surface area (Å²) >= 11 is 1.31. The van der Waals surface area contributed by atoms with Crippen LogP contribution in [-0.4, -0.2) is 39.0 Å². The lowest BCUT2D eigenvalue weighted by Crippen LogP contribution is -2.45. The second-order valence-electron chi connectivity index (χ2n) is 8.27. The molecule has 2 amide bonds. The Morgan fingerprint density at radius 2 is 1.74 bits per heavy atom. The average molecular weight is 487 g/mol. The molecule has 176 valence electrons. The minimum Gasteiger partial charge on any atom is -0.325 e. The van der Waals surface area contributed by atoms with Gasteiger partial charge in [-0.1, -0.05) is 61.2 Å². The number of anilines is 1. The van der Waals surface area contributed by atoms with Crippen molar-refractivity contribution in [2.45, 2.75) is 31.1 Å². The van der Waals surface area contributed by atoms with Crippen LogP contribution in [0.1, 0.15) is 24.5 Å². The molecule has 2 atom stereocenters. The number of halogens is 1. The SMILES string of the molecule is CCC(SC1=Nc2ccccc2C2=NC(=O)C(Cc3ccccc3)N12)C(=O)Nc1ccc(F)cc1. The van der Waals surface area contributed by atoms with E-state index >= 15 is 0 Å². The summed E-state index contributed by atoms with van der Waals surface area (Å²) < 4.78 is 13.3. The molecule has 1 N–H and O–H groups in total.